The lowest BCUT2D eigenvalue weighted by Crippen LogP contribution is -2.29. The highest BCUT2D eigenvalue weighted by Gasteiger charge is 2.21. The van der Waals surface area contributed by atoms with Crippen molar-refractivity contribution in [3.8, 4) is 0 Å². The second-order valence-corrected chi connectivity index (χ2v) is 6.06. The number of rotatable bonds is 5. The third-order valence-electron chi connectivity index (χ3n) is 2.86. The Balaban J connectivity index is 2.13. The highest BCUT2D eigenvalue weighted by molar-refractivity contribution is 7.89. The minimum Gasteiger partial charge on any atom is -0.387 e. The van der Waals surface area contributed by atoms with Crippen LogP contribution in [0.15, 0.2) is 53.4 Å². The van der Waals surface area contributed by atoms with Gasteiger partial charge < -0.3 is 5.11 Å². The van der Waals surface area contributed by atoms with Gasteiger partial charge in [-0.1, -0.05) is 30.3 Å². The van der Waals surface area contributed by atoms with E-state index in [9.17, 15) is 22.3 Å². The molecule has 1 atom stereocenters. The third-order valence-corrected chi connectivity index (χ3v) is 4.31. The molecule has 0 aliphatic carbocycles. The zero-order chi connectivity index (χ0) is 15.5. The van der Waals surface area contributed by atoms with Gasteiger partial charge in [0.15, 0.2) is 0 Å². The van der Waals surface area contributed by atoms with E-state index in [0.717, 1.165) is 18.2 Å². The maximum absolute atomic E-state index is 13.5. The van der Waals surface area contributed by atoms with Crippen LogP contribution in [-0.2, 0) is 10.0 Å². The van der Waals surface area contributed by atoms with Gasteiger partial charge in [0.25, 0.3) is 0 Å². The first-order chi connectivity index (χ1) is 9.92. The molecule has 4 nitrogen and oxygen atoms in total. The Labute approximate surface area is 121 Å². The Morgan fingerprint density at radius 1 is 1.00 bits per heavy atom. The first-order valence-electron chi connectivity index (χ1n) is 6.08. The molecule has 0 bridgehead atoms. The maximum atomic E-state index is 13.5. The second kappa shape index (κ2) is 6.30. The molecule has 2 aromatic rings. The fraction of sp³-hybridized carbons (Fsp3) is 0.143. The standard InChI is InChI=1S/C14H13F2NO3S/c15-11-6-2-1-5-10(11)13(18)9-17-21(19,20)14-8-4-3-7-12(14)16/h1-8,13,17-18H,9H2. The smallest absolute Gasteiger partial charge is 0.243 e. The Morgan fingerprint density at radius 2 is 1.57 bits per heavy atom. The van der Waals surface area contributed by atoms with Crippen LogP contribution in [0.4, 0.5) is 8.78 Å². The third kappa shape index (κ3) is 3.63. The lowest BCUT2D eigenvalue weighted by atomic mass is 10.1. The Kier molecular flexibility index (Phi) is 4.66. The van der Waals surface area contributed by atoms with Gasteiger partial charge in [-0.05, 0) is 18.2 Å². The van der Waals surface area contributed by atoms with Crippen molar-refractivity contribution in [2.24, 2.45) is 0 Å². The molecule has 0 radical (unpaired) electrons. The summed E-state index contributed by atoms with van der Waals surface area (Å²) in [6.45, 7) is -0.461. The normalized spacial score (nSPS) is 13.1. The molecule has 0 saturated heterocycles. The zero-order valence-corrected chi connectivity index (χ0v) is 11.6. The van der Waals surface area contributed by atoms with Gasteiger partial charge >= 0.3 is 0 Å². The van der Waals surface area contributed by atoms with Crippen LogP contribution in [0.3, 0.4) is 0 Å². The number of aliphatic hydroxyl groups excluding tert-OH is 1. The van der Waals surface area contributed by atoms with Gasteiger partial charge in [-0.15, -0.1) is 0 Å². The van der Waals surface area contributed by atoms with E-state index in [1.807, 2.05) is 0 Å². The molecule has 1 unspecified atom stereocenters. The minimum absolute atomic E-state index is 0.0336. The van der Waals surface area contributed by atoms with Crippen LogP contribution in [0.5, 0.6) is 0 Å². The largest absolute Gasteiger partial charge is 0.387 e. The molecular formula is C14H13F2NO3S. The lowest BCUT2D eigenvalue weighted by Gasteiger charge is -2.13. The second-order valence-electron chi connectivity index (χ2n) is 4.32. The van der Waals surface area contributed by atoms with Crippen molar-refractivity contribution in [1.82, 2.24) is 4.72 Å². The van der Waals surface area contributed by atoms with E-state index in [0.29, 0.717) is 0 Å². The van der Waals surface area contributed by atoms with Gasteiger partial charge in [0, 0.05) is 12.1 Å². The van der Waals surface area contributed by atoms with Crippen molar-refractivity contribution < 1.29 is 22.3 Å². The molecule has 0 fully saturated rings. The molecule has 0 aromatic heterocycles. The van der Waals surface area contributed by atoms with Crippen LogP contribution in [0.1, 0.15) is 11.7 Å². The fourth-order valence-electron chi connectivity index (χ4n) is 1.78. The molecule has 2 N–H and O–H groups in total. The van der Waals surface area contributed by atoms with E-state index in [1.54, 1.807) is 0 Å². The van der Waals surface area contributed by atoms with Crippen molar-refractivity contribution in [3.05, 3.63) is 65.7 Å². The van der Waals surface area contributed by atoms with Crippen molar-refractivity contribution in [1.29, 1.82) is 0 Å². The molecule has 21 heavy (non-hydrogen) atoms. The van der Waals surface area contributed by atoms with Crippen LogP contribution in [0, 0.1) is 11.6 Å². The highest BCUT2D eigenvalue weighted by atomic mass is 32.2. The summed E-state index contributed by atoms with van der Waals surface area (Å²) < 4.78 is 52.8. The average molecular weight is 313 g/mol. The molecule has 0 aliphatic rings. The number of sulfonamides is 1. The Hall–Kier alpha value is -1.83. The number of hydrogen-bond acceptors (Lipinski definition) is 3. The molecule has 0 amide bonds. The van der Waals surface area contributed by atoms with E-state index in [2.05, 4.69) is 4.72 Å². The number of hydrogen-bond donors (Lipinski definition) is 2. The van der Waals surface area contributed by atoms with E-state index < -0.39 is 39.2 Å². The first-order valence-corrected chi connectivity index (χ1v) is 7.57. The fourth-order valence-corrected chi connectivity index (χ4v) is 2.90. The van der Waals surface area contributed by atoms with Crippen LogP contribution in [-0.4, -0.2) is 20.1 Å². The predicted molar refractivity (Wildman–Crippen MR) is 72.9 cm³/mol. The first kappa shape index (κ1) is 15.6. The number of halogens is 2. The summed E-state index contributed by atoms with van der Waals surface area (Å²) in [7, 11) is -4.11. The van der Waals surface area contributed by atoms with Crippen molar-refractivity contribution in [2.45, 2.75) is 11.0 Å². The van der Waals surface area contributed by atoms with E-state index in [4.69, 9.17) is 0 Å². The Morgan fingerprint density at radius 3 is 2.19 bits per heavy atom. The van der Waals surface area contributed by atoms with Gasteiger partial charge in [0.05, 0.1) is 6.10 Å². The number of benzene rings is 2. The molecule has 112 valence electrons. The topological polar surface area (TPSA) is 66.4 Å². The number of nitrogens with one attached hydrogen (secondary N) is 1. The average Bonchev–Trinajstić information content (AvgIpc) is 2.45. The molecule has 0 spiro atoms. The highest BCUT2D eigenvalue weighted by Crippen LogP contribution is 2.18. The summed E-state index contributed by atoms with van der Waals surface area (Å²) in [5.74, 6) is -1.54. The van der Waals surface area contributed by atoms with Crippen molar-refractivity contribution in [3.63, 3.8) is 0 Å². The molecule has 2 aromatic carbocycles. The van der Waals surface area contributed by atoms with E-state index >= 15 is 0 Å². The summed E-state index contributed by atoms with van der Waals surface area (Å²) in [4.78, 5) is -0.522. The predicted octanol–water partition coefficient (Wildman–Crippen LogP) is 1.98. The van der Waals surface area contributed by atoms with Gasteiger partial charge in [-0.25, -0.2) is 21.9 Å². The lowest BCUT2D eigenvalue weighted by molar-refractivity contribution is 0.177. The molecule has 2 rings (SSSR count). The van der Waals surface area contributed by atoms with Crippen LogP contribution < -0.4 is 4.72 Å². The molecule has 0 aliphatic heterocycles. The Bertz CT molecular complexity index is 735. The summed E-state index contributed by atoms with van der Waals surface area (Å²) in [6.07, 6.45) is -1.37. The molecule has 7 heteroatoms. The summed E-state index contributed by atoms with van der Waals surface area (Å²) in [6, 6.07) is 10.3. The van der Waals surface area contributed by atoms with Crippen LogP contribution >= 0.6 is 0 Å². The van der Waals surface area contributed by atoms with Crippen LogP contribution in [0.2, 0.25) is 0 Å². The SMILES string of the molecule is O=S(=O)(NCC(O)c1ccccc1F)c1ccccc1F. The molecule has 0 saturated carbocycles. The van der Waals surface area contributed by atoms with Gasteiger partial charge in [-0.3, -0.25) is 0 Å². The molecule has 0 heterocycles. The van der Waals surface area contributed by atoms with Gasteiger partial charge in [-0.2, -0.15) is 0 Å². The van der Waals surface area contributed by atoms with E-state index in [1.165, 1.54) is 30.3 Å². The minimum atomic E-state index is -4.11. The zero-order valence-electron chi connectivity index (χ0n) is 10.8. The summed E-state index contributed by atoms with van der Waals surface area (Å²) in [5, 5.41) is 9.82. The van der Waals surface area contributed by atoms with Gasteiger partial charge in [0.2, 0.25) is 10.0 Å². The maximum Gasteiger partial charge on any atom is 0.243 e. The van der Waals surface area contributed by atoms with Crippen molar-refractivity contribution in [2.75, 3.05) is 6.54 Å². The van der Waals surface area contributed by atoms with E-state index in [-0.39, 0.29) is 5.56 Å². The number of aliphatic hydroxyl groups is 1. The monoisotopic (exact) mass is 313 g/mol. The molecular weight excluding hydrogens is 300 g/mol. The van der Waals surface area contributed by atoms with Crippen LogP contribution in [0.25, 0.3) is 0 Å². The van der Waals surface area contributed by atoms with Crippen molar-refractivity contribution >= 4 is 10.0 Å². The summed E-state index contributed by atoms with van der Waals surface area (Å²) >= 11 is 0. The quantitative estimate of drug-likeness (QED) is 0.887. The summed E-state index contributed by atoms with van der Waals surface area (Å²) in [5.41, 5.74) is -0.0336. The van der Waals surface area contributed by atoms with Gasteiger partial charge in [0.1, 0.15) is 16.5 Å².